The van der Waals surface area contributed by atoms with Gasteiger partial charge in [0.25, 0.3) is 10.0 Å². The summed E-state index contributed by atoms with van der Waals surface area (Å²) in [6.07, 6.45) is 0. The molecule has 0 radical (unpaired) electrons. The van der Waals surface area contributed by atoms with Gasteiger partial charge < -0.3 is 9.80 Å². The molecule has 3 aromatic carbocycles. The number of para-hydroxylation sites is 1. The van der Waals surface area contributed by atoms with E-state index < -0.39 is 10.0 Å². The molecule has 0 bridgehead atoms. The number of hydrogen-bond donors (Lipinski definition) is 0. The number of halogens is 1. The van der Waals surface area contributed by atoms with Crippen LogP contribution in [-0.2, 0) is 14.8 Å². The van der Waals surface area contributed by atoms with Gasteiger partial charge in [-0.25, -0.2) is 8.42 Å². The summed E-state index contributed by atoms with van der Waals surface area (Å²) in [5, 5.41) is 0.448. The first kappa shape index (κ1) is 25.1. The Kier molecular flexibility index (Phi) is 7.38. The number of aryl methyl sites for hydroxylation is 2. The lowest BCUT2D eigenvalue weighted by Gasteiger charge is -2.38. The molecule has 1 aliphatic rings. The fraction of sp³-hybridized carbons (Fsp3) is 0.296. The number of nitrogens with zero attached hydrogens (tertiary/aromatic N) is 3. The van der Waals surface area contributed by atoms with Crippen molar-refractivity contribution >= 4 is 38.9 Å². The van der Waals surface area contributed by atoms with Gasteiger partial charge in [0, 0.05) is 36.9 Å². The summed E-state index contributed by atoms with van der Waals surface area (Å²) in [6.45, 7) is 8.26. The van der Waals surface area contributed by atoms with Crippen molar-refractivity contribution in [2.75, 3.05) is 41.9 Å². The van der Waals surface area contributed by atoms with E-state index in [1.807, 2.05) is 19.1 Å². The highest BCUT2D eigenvalue weighted by molar-refractivity contribution is 7.92. The fourth-order valence-corrected chi connectivity index (χ4v) is 5.98. The highest BCUT2D eigenvalue weighted by atomic mass is 35.5. The Labute approximate surface area is 212 Å². The molecule has 184 valence electrons. The topological polar surface area (TPSA) is 60.9 Å². The van der Waals surface area contributed by atoms with Gasteiger partial charge in [0.1, 0.15) is 6.54 Å². The monoisotopic (exact) mass is 511 g/mol. The lowest BCUT2D eigenvalue weighted by Crippen LogP contribution is -2.52. The zero-order chi connectivity index (χ0) is 25.2. The highest BCUT2D eigenvalue weighted by Crippen LogP contribution is 2.28. The van der Waals surface area contributed by atoms with Crippen molar-refractivity contribution in [1.82, 2.24) is 4.90 Å². The predicted molar refractivity (Wildman–Crippen MR) is 142 cm³/mol. The van der Waals surface area contributed by atoms with Crippen molar-refractivity contribution < 1.29 is 13.2 Å². The van der Waals surface area contributed by atoms with Gasteiger partial charge in [-0.1, -0.05) is 41.9 Å². The van der Waals surface area contributed by atoms with E-state index in [1.54, 1.807) is 29.2 Å². The molecule has 1 heterocycles. The van der Waals surface area contributed by atoms with E-state index in [9.17, 15) is 13.2 Å². The minimum Gasteiger partial charge on any atom is -0.368 e. The number of rotatable bonds is 6. The quantitative estimate of drug-likeness (QED) is 0.476. The van der Waals surface area contributed by atoms with Gasteiger partial charge in [0.2, 0.25) is 5.91 Å². The molecule has 3 aromatic rings. The molecule has 4 rings (SSSR count). The summed E-state index contributed by atoms with van der Waals surface area (Å²) < 4.78 is 28.5. The van der Waals surface area contributed by atoms with E-state index in [0.29, 0.717) is 36.9 Å². The largest absolute Gasteiger partial charge is 0.368 e. The molecular weight excluding hydrogens is 482 g/mol. The van der Waals surface area contributed by atoms with Crippen LogP contribution in [0.3, 0.4) is 0 Å². The van der Waals surface area contributed by atoms with Crippen molar-refractivity contribution in [3.05, 3.63) is 88.4 Å². The Morgan fingerprint density at radius 3 is 2.14 bits per heavy atom. The van der Waals surface area contributed by atoms with Crippen molar-refractivity contribution in [3.63, 3.8) is 0 Å². The van der Waals surface area contributed by atoms with Crippen LogP contribution in [0, 0.1) is 20.8 Å². The molecule has 0 atom stereocenters. The average molecular weight is 512 g/mol. The lowest BCUT2D eigenvalue weighted by molar-refractivity contribution is -0.129. The molecule has 0 unspecified atom stereocenters. The molecule has 1 amide bonds. The van der Waals surface area contributed by atoms with Crippen molar-refractivity contribution in [2.24, 2.45) is 0 Å². The number of anilines is 2. The second-order valence-corrected chi connectivity index (χ2v) is 11.1. The van der Waals surface area contributed by atoms with Crippen molar-refractivity contribution in [3.8, 4) is 0 Å². The maximum atomic E-state index is 13.6. The van der Waals surface area contributed by atoms with Gasteiger partial charge in [-0.2, -0.15) is 0 Å². The SMILES string of the molecule is Cc1ccccc1N(CC(=O)N1CCN(c2cccc(C)c2C)CC1)S(=O)(=O)c1ccc(Cl)cc1. The van der Waals surface area contributed by atoms with Gasteiger partial charge in [-0.05, 0) is 73.9 Å². The normalized spacial score (nSPS) is 14.2. The zero-order valence-electron chi connectivity index (χ0n) is 20.2. The Morgan fingerprint density at radius 1 is 0.857 bits per heavy atom. The molecule has 1 fully saturated rings. The predicted octanol–water partition coefficient (Wildman–Crippen LogP) is 4.81. The van der Waals surface area contributed by atoms with Crippen LogP contribution in [0.25, 0.3) is 0 Å². The smallest absolute Gasteiger partial charge is 0.264 e. The van der Waals surface area contributed by atoms with Gasteiger partial charge in [0.15, 0.2) is 0 Å². The third kappa shape index (κ3) is 5.31. The molecular formula is C27H30ClN3O3S. The van der Waals surface area contributed by atoms with Crippen LogP contribution in [0.15, 0.2) is 71.6 Å². The summed E-state index contributed by atoms with van der Waals surface area (Å²) >= 11 is 5.97. The standard InChI is InChI=1S/C27H30ClN3O3S/c1-20-8-6-10-26(22(20)3)29-15-17-30(18-16-29)27(32)19-31(25-9-5-4-7-21(25)2)35(33,34)24-13-11-23(28)12-14-24/h4-14H,15-19H2,1-3H3. The number of sulfonamides is 1. The number of carbonyl (C=O) groups excluding carboxylic acids is 1. The fourth-order valence-electron chi connectivity index (χ4n) is 4.37. The lowest BCUT2D eigenvalue weighted by atomic mass is 10.1. The van der Waals surface area contributed by atoms with Gasteiger partial charge in [0.05, 0.1) is 10.6 Å². The second kappa shape index (κ2) is 10.3. The molecule has 0 aromatic heterocycles. The molecule has 1 saturated heterocycles. The van der Waals surface area contributed by atoms with Crippen LogP contribution in [0.1, 0.15) is 16.7 Å². The minimum absolute atomic E-state index is 0.0951. The molecule has 0 N–H and O–H groups in total. The average Bonchev–Trinajstić information content (AvgIpc) is 2.85. The van der Waals surface area contributed by atoms with E-state index in [4.69, 9.17) is 11.6 Å². The first-order valence-electron chi connectivity index (χ1n) is 11.6. The van der Waals surface area contributed by atoms with Gasteiger partial charge in [-0.15, -0.1) is 0 Å². The number of benzene rings is 3. The first-order valence-corrected chi connectivity index (χ1v) is 13.4. The number of hydrogen-bond acceptors (Lipinski definition) is 4. The molecule has 1 aliphatic heterocycles. The third-order valence-electron chi connectivity index (χ3n) is 6.61. The molecule has 8 heteroatoms. The highest BCUT2D eigenvalue weighted by Gasteiger charge is 2.31. The number of amides is 1. The second-order valence-electron chi connectivity index (χ2n) is 8.84. The van der Waals surface area contributed by atoms with Crippen LogP contribution in [0.2, 0.25) is 5.02 Å². The molecule has 0 aliphatic carbocycles. The van der Waals surface area contributed by atoms with Crippen LogP contribution in [0.5, 0.6) is 0 Å². The Morgan fingerprint density at radius 2 is 1.49 bits per heavy atom. The van der Waals surface area contributed by atoms with E-state index in [2.05, 4.69) is 36.9 Å². The summed E-state index contributed by atoms with van der Waals surface area (Å²) in [6, 6.07) is 19.5. The van der Waals surface area contributed by atoms with Crippen molar-refractivity contribution in [1.29, 1.82) is 0 Å². The van der Waals surface area contributed by atoms with E-state index in [-0.39, 0.29) is 17.3 Å². The molecule has 0 spiro atoms. The summed E-state index contributed by atoms with van der Waals surface area (Å²) in [5.74, 6) is -0.216. The molecule has 35 heavy (non-hydrogen) atoms. The number of piperazine rings is 1. The minimum atomic E-state index is -3.97. The van der Waals surface area contributed by atoms with Crippen molar-refractivity contribution in [2.45, 2.75) is 25.7 Å². The summed E-state index contributed by atoms with van der Waals surface area (Å²) in [7, 11) is -3.97. The van der Waals surface area contributed by atoms with E-state index >= 15 is 0 Å². The Bertz CT molecular complexity index is 1320. The maximum Gasteiger partial charge on any atom is 0.264 e. The first-order chi connectivity index (χ1) is 16.7. The molecule has 6 nitrogen and oxygen atoms in total. The Balaban J connectivity index is 1.55. The third-order valence-corrected chi connectivity index (χ3v) is 8.64. The number of carbonyl (C=O) groups is 1. The summed E-state index contributed by atoms with van der Waals surface area (Å²) in [5.41, 5.74) is 4.93. The summed E-state index contributed by atoms with van der Waals surface area (Å²) in [4.78, 5) is 17.5. The zero-order valence-corrected chi connectivity index (χ0v) is 21.8. The molecule has 0 saturated carbocycles. The van der Waals surface area contributed by atoms with Crippen LogP contribution in [-0.4, -0.2) is 51.9 Å². The van der Waals surface area contributed by atoms with E-state index in [1.165, 1.54) is 33.3 Å². The Hall–Kier alpha value is -3.03. The van der Waals surface area contributed by atoms with E-state index in [0.717, 1.165) is 5.56 Å². The van der Waals surface area contributed by atoms with Gasteiger partial charge in [-0.3, -0.25) is 9.10 Å². The van der Waals surface area contributed by atoms with Crippen LogP contribution >= 0.6 is 11.6 Å². The van der Waals surface area contributed by atoms with Gasteiger partial charge >= 0.3 is 0 Å². The van der Waals surface area contributed by atoms with Crippen LogP contribution in [0.4, 0.5) is 11.4 Å². The maximum absolute atomic E-state index is 13.6. The van der Waals surface area contributed by atoms with Crippen LogP contribution < -0.4 is 9.21 Å².